The van der Waals surface area contributed by atoms with Crippen LogP contribution in [-0.4, -0.2) is 32.2 Å². The Kier molecular flexibility index (Phi) is 14.8. The molecule has 0 fully saturated rings. The van der Waals surface area contributed by atoms with Gasteiger partial charge in [0, 0.05) is 6.42 Å². The molecule has 2 radical (unpaired) electrons. The molecule has 0 aliphatic carbocycles. The Labute approximate surface area is 66.9 Å². The van der Waals surface area contributed by atoms with Crippen molar-refractivity contribution < 1.29 is 9.90 Å². The molecule has 0 unspecified atom stereocenters. The molecular weight excluding hydrogens is 223 g/mol. The van der Waals surface area contributed by atoms with E-state index in [0.717, 1.165) is 6.42 Å². The average Bonchev–Trinajstić information content (AvgIpc) is 1.67. The van der Waals surface area contributed by atoms with E-state index in [1.807, 2.05) is 6.92 Å². The molecule has 0 aliphatic heterocycles. The molecule has 9 heavy (non-hydrogen) atoms. The number of carboxylic acids is 1. The van der Waals surface area contributed by atoms with E-state index in [1.165, 1.54) is 0 Å². The summed E-state index contributed by atoms with van der Waals surface area (Å²) in [6.45, 7) is 1.84. The molecular formula is C6H14O2Sn. The molecule has 0 aromatic heterocycles. The van der Waals surface area contributed by atoms with Crippen molar-refractivity contribution in [2.75, 3.05) is 0 Å². The fraction of sp³-hybridized carbons (Fsp3) is 0.833. The van der Waals surface area contributed by atoms with Gasteiger partial charge in [-0.15, -0.1) is 0 Å². The van der Waals surface area contributed by atoms with Gasteiger partial charge < -0.3 is 5.11 Å². The van der Waals surface area contributed by atoms with Crippen molar-refractivity contribution in [2.45, 2.75) is 29.6 Å². The molecule has 0 bridgehead atoms. The van der Waals surface area contributed by atoms with Crippen LogP contribution in [0.2, 0.25) is 9.88 Å². The van der Waals surface area contributed by atoms with Gasteiger partial charge in [-0.05, 0) is 6.42 Å². The summed E-state index contributed by atoms with van der Waals surface area (Å²) in [6.07, 6.45) is 1.02. The molecule has 54 valence electrons. The predicted molar refractivity (Wildman–Crippen MR) is 40.0 cm³/mol. The van der Waals surface area contributed by atoms with E-state index in [-0.39, 0.29) is 21.1 Å². The Morgan fingerprint density at radius 2 is 1.89 bits per heavy atom. The second-order valence-corrected chi connectivity index (χ2v) is 4.50. The van der Waals surface area contributed by atoms with Crippen molar-refractivity contribution in [1.82, 2.24) is 0 Å². The number of rotatable bonds is 2. The number of hydrogen-bond donors (Lipinski definition) is 1. The van der Waals surface area contributed by atoms with Gasteiger partial charge in [0.05, 0.1) is 0 Å². The molecule has 0 aromatic carbocycles. The van der Waals surface area contributed by atoms with Gasteiger partial charge in [0.15, 0.2) is 0 Å². The van der Waals surface area contributed by atoms with Gasteiger partial charge in [-0.2, -0.15) is 0 Å². The first-order valence-corrected chi connectivity index (χ1v) is 8.70. The molecule has 0 aliphatic rings. The number of hydrogen-bond acceptors (Lipinski definition) is 1. The van der Waals surface area contributed by atoms with Crippen LogP contribution >= 0.6 is 0 Å². The summed E-state index contributed by atoms with van der Waals surface area (Å²) in [6, 6.07) is 0. The molecule has 0 heterocycles. The first-order chi connectivity index (χ1) is 4.18. The van der Waals surface area contributed by atoms with Crippen LogP contribution in [-0.2, 0) is 4.79 Å². The summed E-state index contributed by atoms with van der Waals surface area (Å²) >= 11 is 0.230. The molecule has 0 spiro atoms. The fourth-order valence-corrected chi connectivity index (χ4v) is 0.214. The second-order valence-electron chi connectivity index (χ2n) is 1.64. The standard InChI is InChI=1S/C4H8O2.2CH3.Sn/c1-2-3-4(5)6;;;/h2-3H2,1H3,(H,5,6);2*1H3;. The molecule has 0 aromatic rings. The van der Waals surface area contributed by atoms with Gasteiger partial charge in [0.1, 0.15) is 0 Å². The van der Waals surface area contributed by atoms with Gasteiger partial charge in [-0.25, -0.2) is 0 Å². The first-order valence-electron chi connectivity index (χ1n) is 2.99. The van der Waals surface area contributed by atoms with Crippen molar-refractivity contribution in [2.24, 2.45) is 0 Å². The Morgan fingerprint density at radius 1 is 1.56 bits per heavy atom. The number of carboxylic acid groups (broad SMARTS) is 1. The van der Waals surface area contributed by atoms with Crippen molar-refractivity contribution in [3.63, 3.8) is 0 Å². The molecule has 0 rings (SSSR count). The Hall–Kier alpha value is 0.269. The molecule has 1 N–H and O–H groups in total. The van der Waals surface area contributed by atoms with Crippen LogP contribution in [0.25, 0.3) is 0 Å². The van der Waals surface area contributed by atoms with Crippen molar-refractivity contribution >= 4 is 27.1 Å². The van der Waals surface area contributed by atoms with E-state index in [0.29, 0.717) is 6.42 Å². The van der Waals surface area contributed by atoms with Crippen LogP contribution in [0.15, 0.2) is 0 Å². The van der Waals surface area contributed by atoms with Crippen LogP contribution in [0.4, 0.5) is 0 Å². The summed E-state index contributed by atoms with van der Waals surface area (Å²) in [5.74, 6) is -0.711. The predicted octanol–water partition coefficient (Wildman–Crippen LogP) is 1.66. The Balaban J connectivity index is 0. The van der Waals surface area contributed by atoms with E-state index in [2.05, 4.69) is 9.88 Å². The number of carbonyl (C=O) groups is 1. The first kappa shape index (κ1) is 12.0. The molecule has 0 atom stereocenters. The van der Waals surface area contributed by atoms with Crippen LogP contribution in [0, 0.1) is 0 Å². The number of aliphatic carboxylic acids is 1. The third-order valence-corrected chi connectivity index (χ3v) is 0.464. The maximum absolute atomic E-state index is 9.60. The van der Waals surface area contributed by atoms with Crippen LogP contribution in [0.5, 0.6) is 0 Å². The third-order valence-electron chi connectivity index (χ3n) is 0.464. The SMILES string of the molecule is CCCC(=O)O.[CH3][Sn][CH3]. The zero-order chi connectivity index (χ0) is 7.70. The van der Waals surface area contributed by atoms with E-state index in [9.17, 15) is 4.79 Å². The van der Waals surface area contributed by atoms with Gasteiger partial charge >= 0.3 is 37.0 Å². The Morgan fingerprint density at radius 3 is 1.89 bits per heavy atom. The zero-order valence-electron chi connectivity index (χ0n) is 6.27. The van der Waals surface area contributed by atoms with Gasteiger partial charge in [0.25, 0.3) is 0 Å². The van der Waals surface area contributed by atoms with Gasteiger partial charge in [0.2, 0.25) is 0 Å². The van der Waals surface area contributed by atoms with Gasteiger partial charge in [-0.1, -0.05) is 6.92 Å². The quantitative estimate of drug-likeness (QED) is 0.741. The normalized spacial score (nSPS) is 7.44. The topological polar surface area (TPSA) is 37.3 Å². The monoisotopic (exact) mass is 238 g/mol. The minimum absolute atomic E-state index is 0.230. The molecule has 2 nitrogen and oxygen atoms in total. The van der Waals surface area contributed by atoms with Crippen LogP contribution in [0.1, 0.15) is 19.8 Å². The summed E-state index contributed by atoms with van der Waals surface area (Å²) in [5, 5.41) is 7.91. The van der Waals surface area contributed by atoms with E-state index >= 15 is 0 Å². The molecule has 3 heteroatoms. The fourth-order valence-electron chi connectivity index (χ4n) is 0.214. The maximum atomic E-state index is 9.60. The van der Waals surface area contributed by atoms with Crippen LogP contribution < -0.4 is 0 Å². The zero-order valence-corrected chi connectivity index (χ0v) is 9.12. The van der Waals surface area contributed by atoms with Crippen molar-refractivity contribution in [3.05, 3.63) is 0 Å². The van der Waals surface area contributed by atoms with Gasteiger partial charge in [-0.3, -0.25) is 4.79 Å². The summed E-state index contributed by atoms with van der Waals surface area (Å²) < 4.78 is 0. The Bertz CT molecular complexity index is 64.1. The molecule has 0 saturated carbocycles. The second kappa shape index (κ2) is 11.1. The molecule has 0 amide bonds. The third kappa shape index (κ3) is 30.4. The summed E-state index contributed by atoms with van der Waals surface area (Å²) in [4.78, 5) is 14.2. The van der Waals surface area contributed by atoms with Crippen molar-refractivity contribution in [3.8, 4) is 0 Å². The van der Waals surface area contributed by atoms with E-state index < -0.39 is 5.97 Å². The van der Waals surface area contributed by atoms with Crippen LogP contribution in [0.3, 0.4) is 0 Å². The summed E-state index contributed by atoms with van der Waals surface area (Å²) in [5.41, 5.74) is 0. The minimum atomic E-state index is -0.711. The van der Waals surface area contributed by atoms with Crippen molar-refractivity contribution in [1.29, 1.82) is 0 Å². The average molecular weight is 237 g/mol. The molecule has 0 saturated heterocycles. The summed E-state index contributed by atoms with van der Waals surface area (Å²) in [7, 11) is 0. The van der Waals surface area contributed by atoms with E-state index in [4.69, 9.17) is 5.11 Å². The van der Waals surface area contributed by atoms with E-state index in [1.54, 1.807) is 0 Å².